The van der Waals surface area contributed by atoms with Gasteiger partial charge >= 0.3 is 5.97 Å². The van der Waals surface area contributed by atoms with E-state index in [0.29, 0.717) is 18.9 Å². The van der Waals surface area contributed by atoms with Gasteiger partial charge in [0.15, 0.2) is 0 Å². The van der Waals surface area contributed by atoms with Gasteiger partial charge in [0.1, 0.15) is 5.75 Å². The molecule has 2 aromatic carbocycles. The Labute approximate surface area is 144 Å². The molecule has 0 spiro atoms. The first kappa shape index (κ1) is 18.1. The molecule has 0 saturated heterocycles. The lowest BCUT2D eigenvalue weighted by molar-refractivity contribution is -0.141. The minimum atomic E-state index is -0.741. The van der Waals surface area contributed by atoms with E-state index in [1.54, 1.807) is 6.92 Å². The van der Waals surface area contributed by atoms with Crippen LogP contribution in [0.4, 0.5) is 0 Å². The fourth-order valence-corrected chi connectivity index (χ4v) is 2.46. The highest BCUT2D eigenvalue weighted by molar-refractivity contribution is 5.71. The number of ether oxygens (including phenoxy) is 1. The van der Waals surface area contributed by atoms with Gasteiger partial charge in [-0.3, -0.25) is 4.79 Å². The predicted molar refractivity (Wildman–Crippen MR) is 97.3 cm³/mol. The van der Waals surface area contributed by atoms with Crippen molar-refractivity contribution >= 4 is 5.97 Å². The van der Waals surface area contributed by atoms with Crippen LogP contribution in [-0.4, -0.2) is 17.7 Å². The van der Waals surface area contributed by atoms with Crippen LogP contribution in [0, 0.1) is 11.8 Å². The third kappa shape index (κ3) is 5.12. The zero-order valence-corrected chi connectivity index (χ0v) is 14.7. The first-order chi connectivity index (χ1) is 11.5. The summed E-state index contributed by atoms with van der Waals surface area (Å²) in [6.45, 7) is 6.68. The molecule has 1 atom stereocenters. The quantitative estimate of drug-likeness (QED) is 0.739. The number of carbonyl (C=O) groups is 1. The van der Waals surface area contributed by atoms with E-state index in [0.717, 1.165) is 28.9 Å². The molecule has 0 amide bonds. The van der Waals surface area contributed by atoms with Crippen LogP contribution in [0.5, 0.6) is 5.75 Å². The molecule has 0 saturated carbocycles. The Morgan fingerprint density at radius 3 is 2.42 bits per heavy atom. The molecule has 2 rings (SSSR count). The molecule has 0 radical (unpaired) electrons. The number of aryl methyl sites for hydroxylation is 1. The third-order valence-electron chi connectivity index (χ3n) is 3.99. The van der Waals surface area contributed by atoms with Crippen LogP contribution >= 0.6 is 0 Å². The van der Waals surface area contributed by atoms with Crippen molar-refractivity contribution in [3.8, 4) is 16.9 Å². The second kappa shape index (κ2) is 8.53. The van der Waals surface area contributed by atoms with Gasteiger partial charge in [0, 0.05) is 5.56 Å². The Morgan fingerprint density at radius 1 is 1.08 bits per heavy atom. The molecule has 1 unspecified atom stereocenters. The number of rotatable bonds is 8. The lowest BCUT2D eigenvalue weighted by Gasteiger charge is -2.15. The van der Waals surface area contributed by atoms with Gasteiger partial charge in [-0.15, -0.1) is 0 Å². The topological polar surface area (TPSA) is 46.5 Å². The van der Waals surface area contributed by atoms with Crippen LogP contribution in [0.3, 0.4) is 0 Å². The molecule has 24 heavy (non-hydrogen) atoms. The van der Waals surface area contributed by atoms with Gasteiger partial charge in [-0.25, -0.2) is 0 Å². The zero-order chi connectivity index (χ0) is 17.5. The highest BCUT2D eigenvalue weighted by Gasteiger charge is 2.13. The average molecular weight is 326 g/mol. The summed E-state index contributed by atoms with van der Waals surface area (Å²) in [5, 5.41) is 9.04. The normalized spacial score (nSPS) is 12.2. The number of benzene rings is 2. The van der Waals surface area contributed by atoms with Crippen LogP contribution in [0.1, 0.15) is 32.8 Å². The summed E-state index contributed by atoms with van der Waals surface area (Å²) in [5.74, 6) is 0.270. The summed E-state index contributed by atoms with van der Waals surface area (Å²) < 4.78 is 5.98. The summed E-state index contributed by atoms with van der Waals surface area (Å²) in [7, 11) is 0. The molecule has 0 aliphatic carbocycles. The van der Waals surface area contributed by atoms with Gasteiger partial charge in [-0.1, -0.05) is 57.2 Å². The monoisotopic (exact) mass is 326 g/mol. The highest BCUT2D eigenvalue weighted by atomic mass is 16.5. The number of carboxylic acids is 1. The van der Waals surface area contributed by atoms with Gasteiger partial charge in [0.25, 0.3) is 0 Å². The van der Waals surface area contributed by atoms with E-state index in [4.69, 9.17) is 9.84 Å². The average Bonchev–Trinajstić information content (AvgIpc) is 2.58. The van der Waals surface area contributed by atoms with E-state index < -0.39 is 5.97 Å². The van der Waals surface area contributed by atoms with Crippen molar-refractivity contribution in [2.24, 2.45) is 11.8 Å². The molecular formula is C21H26O3. The fraction of sp³-hybridized carbons (Fsp3) is 0.381. The Balaban J connectivity index is 2.25. The third-order valence-corrected chi connectivity index (χ3v) is 3.99. The predicted octanol–water partition coefficient (Wildman–Crippen LogP) is 5.04. The molecule has 0 aliphatic heterocycles. The summed E-state index contributed by atoms with van der Waals surface area (Å²) in [5.41, 5.74) is 3.32. The Kier molecular flexibility index (Phi) is 6.42. The maximum absolute atomic E-state index is 11.0. The van der Waals surface area contributed by atoms with Crippen molar-refractivity contribution in [3.05, 3.63) is 54.1 Å². The highest BCUT2D eigenvalue weighted by Crippen LogP contribution is 2.32. The molecule has 0 fully saturated rings. The molecule has 1 N–H and O–H groups in total. The number of hydrogen-bond acceptors (Lipinski definition) is 2. The van der Waals surface area contributed by atoms with Crippen LogP contribution in [0.15, 0.2) is 48.5 Å². The second-order valence-corrected chi connectivity index (χ2v) is 6.68. The smallest absolute Gasteiger partial charge is 0.306 e. The van der Waals surface area contributed by atoms with E-state index >= 15 is 0 Å². The first-order valence-electron chi connectivity index (χ1n) is 8.51. The number of carboxylic acid groups (broad SMARTS) is 1. The Morgan fingerprint density at radius 2 is 1.79 bits per heavy atom. The maximum atomic E-state index is 11.0. The molecule has 0 bridgehead atoms. The van der Waals surface area contributed by atoms with E-state index in [1.807, 2.05) is 30.3 Å². The minimum Gasteiger partial charge on any atom is -0.493 e. The summed E-state index contributed by atoms with van der Waals surface area (Å²) in [6, 6.07) is 16.3. The molecular weight excluding hydrogens is 300 g/mol. The van der Waals surface area contributed by atoms with Gasteiger partial charge < -0.3 is 9.84 Å². The van der Waals surface area contributed by atoms with E-state index in [9.17, 15) is 4.79 Å². The van der Waals surface area contributed by atoms with Crippen LogP contribution in [0.2, 0.25) is 0 Å². The van der Waals surface area contributed by atoms with Crippen molar-refractivity contribution in [2.75, 3.05) is 6.61 Å². The van der Waals surface area contributed by atoms with E-state index in [1.165, 1.54) is 0 Å². The molecule has 128 valence electrons. The second-order valence-electron chi connectivity index (χ2n) is 6.68. The summed E-state index contributed by atoms with van der Waals surface area (Å²) in [6.07, 6.45) is 1.38. The fourth-order valence-electron chi connectivity index (χ4n) is 2.46. The molecule has 3 nitrogen and oxygen atoms in total. The van der Waals surface area contributed by atoms with Gasteiger partial charge in [-0.2, -0.15) is 0 Å². The SMILES string of the molecule is CC(C)COc1ccc(CCC(C)C(=O)O)cc1-c1ccccc1. The molecule has 0 aromatic heterocycles. The Bertz CT molecular complexity index is 662. The summed E-state index contributed by atoms with van der Waals surface area (Å²) >= 11 is 0. The van der Waals surface area contributed by atoms with Gasteiger partial charge in [0.05, 0.1) is 12.5 Å². The minimum absolute atomic E-state index is 0.331. The first-order valence-corrected chi connectivity index (χ1v) is 8.51. The van der Waals surface area contributed by atoms with Gasteiger partial charge in [-0.05, 0) is 42.0 Å². The van der Waals surface area contributed by atoms with Crippen LogP contribution in [0.25, 0.3) is 11.1 Å². The van der Waals surface area contributed by atoms with Crippen molar-refractivity contribution < 1.29 is 14.6 Å². The lowest BCUT2D eigenvalue weighted by atomic mass is 9.97. The van der Waals surface area contributed by atoms with Gasteiger partial charge in [0.2, 0.25) is 0 Å². The zero-order valence-electron chi connectivity index (χ0n) is 14.7. The van der Waals surface area contributed by atoms with E-state index in [-0.39, 0.29) is 5.92 Å². The lowest BCUT2D eigenvalue weighted by Crippen LogP contribution is -2.10. The maximum Gasteiger partial charge on any atom is 0.306 e. The molecule has 0 heterocycles. The van der Waals surface area contributed by atoms with Crippen molar-refractivity contribution in [3.63, 3.8) is 0 Å². The molecule has 2 aromatic rings. The largest absolute Gasteiger partial charge is 0.493 e. The molecule has 0 aliphatic rings. The van der Waals surface area contributed by atoms with Crippen molar-refractivity contribution in [1.82, 2.24) is 0 Å². The van der Waals surface area contributed by atoms with Crippen LogP contribution in [-0.2, 0) is 11.2 Å². The Hall–Kier alpha value is -2.29. The molecule has 3 heteroatoms. The van der Waals surface area contributed by atoms with Crippen LogP contribution < -0.4 is 4.74 Å². The van der Waals surface area contributed by atoms with Crippen molar-refractivity contribution in [2.45, 2.75) is 33.6 Å². The number of aliphatic carboxylic acids is 1. The number of hydrogen-bond donors (Lipinski definition) is 1. The standard InChI is InChI=1S/C21H26O3/c1-15(2)14-24-20-12-11-17(10-9-16(3)21(22)23)13-19(20)18-7-5-4-6-8-18/h4-8,11-13,15-16H,9-10,14H2,1-3H3,(H,22,23). The van der Waals surface area contributed by atoms with E-state index in [2.05, 4.69) is 32.0 Å². The van der Waals surface area contributed by atoms with Crippen molar-refractivity contribution in [1.29, 1.82) is 0 Å². The summed E-state index contributed by atoms with van der Waals surface area (Å²) in [4.78, 5) is 11.0.